The predicted octanol–water partition coefficient (Wildman–Crippen LogP) is 1.35. The summed E-state index contributed by atoms with van der Waals surface area (Å²) >= 11 is 0. The number of carbonyl (C=O) groups is 3. The molecule has 1 amide bonds. The van der Waals surface area contributed by atoms with E-state index >= 15 is 0 Å². The molecule has 0 saturated heterocycles. The molecule has 1 aromatic rings. The van der Waals surface area contributed by atoms with Crippen LogP contribution < -0.4 is 5.43 Å². The number of ether oxygens (including phenoxy) is 1. The predicted molar refractivity (Wildman–Crippen MR) is 80.2 cm³/mol. The number of carbonyl (C=O) groups excluding carboxylic acids is 3. The Morgan fingerprint density at radius 2 is 2.00 bits per heavy atom. The summed E-state index contributed by atoms with van der Waals surface area (Å²) in [4.78, 5) is 39.3. The first-order valence-corrected chi connectivity index (χ1v) is 6.64. The fourth-order valence-electron chi connectivity index (χ4n) is 1.37. The molecule has 1 N–H and O–H groups in total. The first kappa shape index (κ1) is 17.5. The highest BCUT2D eigenvalue weighted by Crippen LogP contribution is 2.17. The van der Waals surface area contributed by atoms with Crippen molar-refractivity contribution in [2.24, 2.45) is 10.5 Å². The highest BCUT2D eigenvalue weighted by molar-refractivity contribution is 6.40. The molecule has 0 unspecified atom stereocenters. The molecule has 1 rings (SSSR count). The lowest BCUT2D eigenvalue weighted by Gasteiger charge is -2.16. The Hall–Kier alpha value is -2.57. The van der Waals surface area contributed by atoms with Crippen molar-refractivity contribution in [1.82, 2.24) is 10.4 Å². The number of amides is 1. The Morgan fingerprint density at radius 3 is 2.50 bits per heavy atom. The van der Waals surface area contributed by atoms with Gasteiger partial charge in [0.15, 0.2) is 5.71 Å². The Kier molecular flexibility index (Phi) is 5.91. The van der Waals surface area contributed by atoms with Crippen LogP contribution in [0.1, 0.15) is 37.6 Å². The number of hydrazone groups is 1. The van der Waals surface area contributed by atoms with Crippen LogP contribution in [-0.4, -0.2) is 35.5 Å². The van der Waals surface area contributed by atoms with E-state index < -0.39 is 17.3 Å². The number of hydrogen-bond acceptors (Lipinski definition) is 6. The zero-order valence-corrected chi connectivity index (χ0v) is 13.0. The number of methoxy groups -OCH3 is 1. The van der Waals surface area contributed by atoms with E-state index in [9.17, 15) is 14.4 Å². The minimum Gasteiger partial charge on any atom is -0.464 e. The Bertz CT molecular complexity index is 589. The summed E-state index contributed by atoms with van der Waals surface area (Å²) in [6, 6.07) is 3.15. The van der Waals surface area contributed by atoms with Crippen molar-refractivity contribution in [3.8, 4) is 0 Å². The molecule has 0 fully saturated rings. The van der Waals surface area contributed by atoms with Crippen LogP contribution in [0.4, 0.5) is 0 Å². The van der Waals surface area contributed by atoms with Gasteiger partial charge in [-0.15, -0.1) is 0 Å². The largest absolute Gasteiger partial charge is 0.464 e. The van der Waals surface area contributed by atoms with Gasteiger partial charge in [-0.1, -0.05) is 20.8 Å². The van der Waals surface area contributed by atoms with Crippen LogP contribution in [0.25, 0.3) is 0 Å². The minimum absolute atomic E-state index is 0.153. The van der Waals surface area contributed by atoms with Gasteiger partial charge in [-0.05, 0) is 12.1 Å². The second kappa shape index (κ2) is 7.44. The zero-order valence-electron chi connectivity index (χ0n) is 13.0. The number of Topliss-reactive ketones (excluding diaryl/α,β-unsaturated/α-hetero) is 1. The highest BCUT2D eigenvalue weighted by Gasteiger charge is 2.26. The van der Waals surface area contributed by atoms with E-state index in [0.717, 1.165) is 0 Å². The van der Waals surface area contributed by atoms with Gasteiger partial charge in [0.2, 0.25) is 0 Å². The summed E-state index contributed by atoms with van der Waals surface area (Å²) in [5.41, 5.74) is 1.74. The first-order chi connectivity index (χ1) is 10.3. The molecule has 1 heterocycles. The maximum Gasteiger partial charge on any atom is 0.354 e. The van der Waals surface area contributed by atoms with Crippen molar-refractivity contribution in [3.05, 3.63) is 30.1 Å². The third-order valence-corrected chi connectivity index (χ3v) is 2.80. The Balaban J connectivity index is 2.86. The van der Waals surface area contributed by atoms with Gasteiger partial charge < -0.3 is 4.74 Å². The Labute approximate surface area is 128 Å². The van der Waals surface area contributed by atoms with Gasteiger partial charge >= 0.3 is 5.97 Å². The molecule has 0 saturated carbocycles. The fourth-order valence-corrected chi connectivity index (χ4v) is 1.37. The summed E-state index contributed by atoms with van der Waals surface area (Å²) in [6.45, 7) is 5.20. The van der Waals surface area contributed by atoms with E-state index in [1.165, 1.54) is 19.5 Å². The van der Waals surface area contributed by atoms with Gasteiger partial charge in [-0.25, -0.2) is 10.2 Å². The molecule has 0 aliphatic rings. The summed E-state index contributed by atoms with van der Waals surface area (Å²) in [7, 11) is 1.18. The molecule has 118 valence electrons. The normalized spacial score (nSPS) is 11.7. The first-order valence-electron chi connectivity index (χ1n) is 6.64. The number of rotatable bonds is 5. The van der Waals surface area contributed by atoms with Crippen LogP contribution in [-0.2, 0) is 14.3 Å². The molecule has 0 aliphatic carbocycles. The maximum absolute atomic E-state index is 12.0. The molecule has 7 heteroatoms. The number of pyridine rings is 1. The molecule has 0 aliphatic heterocycles. The van der Waals surface area contributed by atoms with E-state index in [2.05, 4.69) is 20.2 Å². The van der Waals surface area contributed by atoms with Crippen molar-refractivity contribution in [3.63, 3.8) is 0 Å². The topological polar surface area (TPSA) is 97.7 Å². The van der Waals surface area contributed by atoms with E-state index in [1.807, 2.05) is 0 Å². The molecular weight excluding hydrogens is 286 g/mol. The molecule has 1 aromatic heterocycles. The van der Waals surface area contributed by atoms with Crippen LogP contribution in [0, 0.1) is 5.41 Å². The SMILES string of the molecule is COC(=O)/C(CC(=O)C(C)(C)C)=N/NC(=O)c1cccnc1. The van der Waals surface area contributed by atoms with E-state index in [-0.39, 0.29) is 23.5 Å². The van der Waals surface area contributed by atoms with E-state index in [0.29, 0.717) is 0 Å². The molecule has 0 aromatic carbocycles. The second-order valence-electron chi connectivity index (χ2n) is 5.58. The van der Waals surface area contributed by atoms with Crippen LogP contribution in [0.15, 0.2) is 29.6 Å². The zero-order chi connectivity index (χ0) is 16.8. The van der Waals surface area contributed by atoms with Gasteiger partial charge in [0, 0.05) is 17.8 Å². The fraction of sp³-hybridized carbons (Fsp3) is 0.400. The molecule has 7 nitrogen and oxygen atoms in total. The standard InChI is InChI=1S/C15H19N3O4/c1-15(2,3)12(19)8-11(14(21)22-4)17-18-13(20)10-6-5-7-16-9-10/h5-7,9H,8H2,1-4H3,(H,18,20)/b17-11+. The van der Waals surface area contributed by atoms with Crippen LogP contribution in [0.5, 0.6) is 0 Å². The lowest BCUT2D eigenvalue weighted by molar-refractivity contribution is -0.134. The van der Waals surface area contributed by atoms with Crippen molar-refractivity contribution >= 4 is 23.4 Å². The number of nitrogens with zero attached hydrogens (tertiary/aromatic N) is 2. The number of aromatic nitrogens is 1. The molecule has 0 bridgehead atoms. The average molecular weight is 305 g/mol. The van der Waals surface area contributed by atoms with Crippen molar-refractivity contribution in [2.45, 2.75) is 27.2 Å². The summed E-state index contributed by atoms with van der Waals surface area (Å²) in [5, 5.41) is 3.72. The van der Waals surface area contributed by atoms with Gasteiger partial charge in [-0.3, -0.25) is 14.6 Å². The molecular formula is C15H19N3O4. The highest BCUT2D eigenvalue weighted by atomic mass is 16.5. The van der Waals surface area contributed by atoms with Crippen molar-refractivity contribution in [2.75, 3.05) is 7.11 Å². The molecule has 0 atom stereocenters. The average Bonchev–Trinajstić information content (AvgIpc) is 2.49. The third kappa shape index (κ3) is 5.08. The number of hydrogen-bond donors (Lipinski definition) is 1. The van der Waals surface area contributed by atoms with Gasteiger partial charge in [0.1, 0.15) is 5.78 Å². The smallest absolute Gasteiger partial charge is 0.354 e. The maximum atomic E-state index is 12.0. The Morgan fingerprint density at radius 1 is 1.32 bits per heavy atom. The van der Waals surface area contributed by atoms with Gasteiger partial charge in [0.25, 0.3) is 5.91 Å². The quantitative estimate of drug-likeness (QED) is 0.503. The second-order valence-corrected chi connectivity index (χ2v) is 5.58. The summed E-state index contributed by atoms with van der Waals surface area (Å²) in [6.07, 6.45) is 2.67. The van der Waals surface area contributed by atoms with E-state index in [4.69, 9.17) is 0 Å². The number of nitrogens with one attached hydrogen (secondary N) is 1. The summed E-state index contributed by atoms with van der Waals surface area (Å²) in [5.74, 6) is -1.48. The van der Waals surface area contributed by atoms with Crippen LogP contribution in [0.3, 0.4) is 0 Å². The number of ketones is 1. The van der Waals surface area contributed by atoms with Gasteiger partial charge in [0.05, 0.1) is 19.1 Å². The van der Waals surface area contributed by atoms with Crippen LogP contribution >= 0.6 is 0 Å². The van der Waals surface area contributed by atoms with Crippen LogP contribution in [0.2, 0.25) is 0 Å². The molecule has 0 radical (unpaired) electrons. The lowest BCUT2D eigenvalue weighted by atomic mass is 9.88. The molecule has 0 spiro atoms. The van der Waals surface area contributed by atoms with E-state index in [1.54, 1.807) is 32.9 Å². The van der Waals surface area contributed by atoms with Crippen molar-refractivity contribution in [1.29, 1.82) is 0 Å². The third-order valence-electron chi connectivity index (χ3n) is 2.80. The summed E-state index contributed by atoms with van der Waals surface area (Å²) < 4.78 is 4.58. The number of esters is 1. The minimum atomic E-state index is -0.760. The monoisotopic (exact) mass is 305 g/mol. The van der Waals surface area contributed by atoms with Crippen molar-refractivity contribution < 1.29 is 19.1 Å². The molecule has 22 heavy (non-hydrogen) atoms. The lowest BCUT2D eigenvalue weighted by Crippen LogP contribution is -2.30. The van der Waals surface area contributed by atoms with Gasteiger partial charge in [-0.2, -0.15) is 5.10 Å².